The van der Waals surface area contributed by atoms with Gasteiger partial charge in [-0.2, -0.15) is 11.8 Å². The average Bonchev–Trinajstić information content (AvgIpc) is 3.09. The van der Waals surface area contributed by atoms with E-state index in [2.05, 4.69) is 26.1 Å². The van der Waals surface area contributed by atoms with E-state index in [1.807, 2.05) is 23.1 Å². The van der Waals surface area contributed by atoms with Crippen LogP contribution in [0.25, 0.3) is 0 Å². The van der Waals surface area contributed by atoms with Crippen LogP contribution >= 0.6 is 23.1 Å². The topological polar surface area (TPSA) is 24.9 Å². The molecule has 1 N–H and O–H groups in total. The Bertz CT molecular complexity index is 370. The summed E-state index contributed by atoms with van der Waals surface area (Å²) >= 11 is 3.90. The summed E-state index contributed by atoms with van der Waals surface area (Å²) in [6, 6.07) is 0. The molecule has 1 fully saturated rings. The zero-order valence-corrected chi connectivity index (χ0v) is 13.3. The van der Waals surface area contributed by atoms with E-state index in [4.69, 9.17) is 4.98 Å². The highest BCUT2D eigenvalue weighted by Gasteiger charge is 2.29. The molecule has 1 aliphatic carbocycles. The van der Waals surface area contributed by atoms with Crippen LogP contribution < -0.4 is 5.32 Å². The van der Waals surface area contributed by atoms with Crippen molar-refractivity contribution in [1.29, 1.82) is 0 Å². The van der Waals surface area contributed by atoms with Crippen molar-refractivity contribution < 1.29 is 0 Å². The molecular formula is C14H24N2S2. The Kier molecular flexibility index (Phi) is 5.52. The Labute approximate surface area is 119 Å². The summed E-state index contributed by atoms with van der Waals surface area (Å²) < 4.78 is 0. The summed E-state index contributed by atoms with van der Waals surface area (Å²) in [5.74, 6) is 3.76. The minimum atomic E-state index is 0.720. The van der Waals surface area contributed by atoms with Crippen LogP contribution in [-0.4, -0.2) is 17.3 Å². The van der Waals surface area contributed by atoms with Crippen LogP contribution in [0.4, 0.5) is 0 Å². The summed E-state index contributed by atoms with van der Waals surface area (Å²) in [6.45, 7) is 8.83. The highest BCUT2D eigenvalue weighted by atomic mass is 32.2. The molecule has 0 amide bonds. The third-order valence-electron chi connectivity index (χ3n) is 3.00. The van der Waals surface area contributed by atoms with E-state index in [0.717, 1.165) is 30.7 Å². The maximum absolute atomic E-state index is 4.87. The molecule has 0 radical (unpaired) electrons. The fourth-order valence-electron chi connectivity index (χ4n) is 1.94. The molecule has 1 heterocycles. The first-order valence-electron chi connectivity index (χ1n) is 6.97. The largest absolute Gasteiger partial charge is 0.312 e. The maximum atomic E-state index is 4.87. The van der Waals surface area contributed by atoms with Gasteiger partial charge in [-0.25, -0.2) is 4.98 Å². The van der Waals surface area contributed by atoms with Crippen LogP contribution in [-0.2, 0) is 12.3 Å². The molecule has 0 saturated heterocycles. The maximum Gasteiger partial charge on any atom is 0.103 e. The second-order valence-corrected chi connectivity index (χ2v) is 7.79. The van der Waals surface area contributed by atoms with Crippen LogP contribution in [0, 0.1) is 5.92 Å². The van der Waals surface area contributed by atoms with E-state index < -0.39 is 0 Å². The Morgan fingerprint density at radius 1 is 1.44 bits per heavy atom. The van der Waals surface area contributed by atoms with Gasteiger partial charge in [0.15, 0.2) is 0 Å². The third kappa shape index (κ3) is 4.25. The van der Waals surface area contributed by atoms with E-state index in [-0.39, 0.29) is 0 Å². The number of rotatable bonds is 8. The Morgan fingerprint density at radius 3 is 2.83 bits per heavy atom. The molecule has 0 unspecified atom stereocenters. The lowest BCUT2D eigenvalue weighted by molar-refractivity contribution is 0.553. The Hall–Kier alpha value is -0.0600. The molecule has 0 aliphatic heterocycles. The van der Waals surface area contributed by atoms with Crippen LogP contribution in [0.15, 0.2) is 0 Å². The number of hydrogen-bond donors (Lipinski definition) is 1. The van der Waals surface area contributed by atoms with Crippen molar-refractivity contribution in [3.8, 4) is 0 Å². The van der Waals surface area contributed by atoms with Gasteiger partial charge in [0.05, 0.1) is 5.69 Å². The molecule has 102 valence electrons. The first-order chi connectivity index (χ1) is 8.70. The van der Waals surface area contributed by atoms with Gasteiger partial charge in [0.2, 0.25) is 0 Å². The second kappa shape index (κ2) is 6.92. The quantitative estimate of drug-likeness (QED) is 0.780. The third-order valence-corrected chi connectivity index (χ3v) is 5.14. The molecule has 2 rings (SSSR count). The number of thiazole rings is 1. The standard InChI is InChI=1S/C14H24N2S2/c1-4-17-9-13-16-14(11-5-6-11)12(18-13)8-15-7-10(2)3/h10-11,15H,4-9H2,1-3H3. The number of thioether (sulfide) groups is 1. The van der Waals surface area contributed by atoms with Gasteiger partial charge in [0.25, 0.3) is 0 Å². The summed E-state index contributed by atoms with van der Waals surface area (Å²) in [7, 11) is 0. The molecular weight excluding hydrogens is 260 g/mol. The summed E-state index contributed by atoms with van der Waals surface area (Å²) in [5.41, 5.74) is 1.41. The van der Waals surface area contributed by atoms with Crippen molar-refractivity contribution in [3.63, 3.8) is 0 Å². The van der Waals surface area contributed by atoms with Crippen LogP contribution in [0.5, 0.6) is 0 Å². The molecule has 0 atom stereocenters. The van der Waals surface area contributed by atoms with E-state index in [0.29, 0.717) is 0 Å². The lowest BCUT2D eigenvalue weighted by Gasteiger charge is -2.06. The predicted molar refractivity (Wildman–Crippen MR) is 82.5 cm³/mol. The van der Waals surface area contributed by atoms with Gasteiger partial charge in [0, 0.05) is 23.1 Å². The molecule has 0 spiro atoms. The minimum Gasteiger partial charge on any atom is -0.312 e. The van der Waals surface area contributed by atoms with Gasteiger partial charge in [-0.05, 0) is 31.1 Å². The monoisotopic (exact) mass is 284 g/mol. The smallest absolute Gasteiger partial charge is 0.103 e. The highest BCUT2D eigenvalue weighted by Crippen LogP contribution is 2.43. The summed E-state index contributed by atoms with van der Waals surface area (Å²) in [4.78, 5) is 6.36. The summed E-state index contributed by atoms with van der Waals surface area (Å²) in [5, 5.41) is 4.88. The molecule has 0 aromatic carbocycles. The van der Waals surface area contributed by atoms with E-state index >= 15 is 0 Å². The fraction of sp³-hybridized carbons (Fsp3) is 0.786. The molecule has 1 aromatic heterocycles. The van der Waals surface area contributed by atoms with Crippen molar-refractivity contribution in [3.05, 3.63) is 15.6 Å². The normalized spacial score (nSPS) is 15.6. The molecule has 1 aromatic rings. The molecule has 1 aliphatic rings. The zero-order valence-electron chi connectivity index (χ0n) is 11.7. The minimum absolute atomic E-state index is 0.720. The lowest BCUT2D eigenvalue weighted by Crippen LogP contribution is -2.18. The average molecular weight is 284 g/mol. The van der Waals surface area contributed by atoms with Crippen molar-refractivity contribution in [2.45, 2.75) is 51.8 Å². The first kappa shape index (κ1) is 14.4. The van der Waals surface area contributed by atoms with Gasteiger partial charge < -0.3 is 5.32 Å². The van der Waals surface area contributed by atoms with Crippen LogP contribution in [0.2, 0.25) is 0 Å². The van der Waals surface area contributed by atoms with Gasteiger partial charge in [0.1, 0.15) is 5.01 Å². The van der Waals surface area contributed by atoms with Crippen LogP contribution in [0.3, 0.4) is 0 Å². The predicted octanol–water partition coefficient (Wildman–Crippen LogP) is 4.02. The van der Waals surface area contributed by atoms with Crippen molar-refractivity contribution in [1.82, 2.24) is 10.3 Å². The number of hydrogen-bond acceptors (Lipinski definition) is 4. The van der Waals surface area contributed by atoms with Gasteiger partial charge in [-0.3, -0.25) is 0 Å². The molecule has 4 heteroatoms. The second-order valence-electron chi connectivity index (χ2n) is 5.35. The van der Waals surface area contributed by atoms with Gasteiger partial charge in [-0.1, -0.05) is 20.8 Å². The van der Waals surface area contributed by atoms with E-state index in [1.165, 1.54) is 34.2 Å². The lowest BCUT2D eigenvalue weighted by atomic mass is 10.2. The Balaban J connectivity index is 1.95. The van der Waals surface area contributed by atoms with Gasteiger partial charge >= 0.3 is 0 Å². The highest BCUT2D eigenvalue weighted by molar-refractivity contribution is 7.98. The first-order valence-corrected chi connectivity index (χ1v) is 8.94. The zero-order chi connectivity index (χ0) is 13.0. The molecule has 18 heavy (non-hydrogen) atoms. The molecule has 0 bridgehead atoms. The number of aromatic nitrogens is 1. The molecule has 2 nitrogen and oxygen atoms in total. The van der Waals surface area contributed by atoms with Gasteiger partial charge in [-0.15, -0.1) is 11.3 Å². The van der Waals surface area contributed by atoms with Crippen molar-refractivity contribution >= 4 is 23.1 Å². The van der Waals surface area contributed by atoms with Crippen molar-refractivity contribution in [2.75, 3.05) is 12.3 Å². The SMILES string of the molecule is CCSCc1nc(C2CC2)c(CNCC(C)C)s1. The van der Waals surface area contributed by atoms with E-state index in [1.54, 1.807) is 0 Å². The number of nitrogens with zero attached hydrogens (tertiary/aromatic N) is 1. The van der Waals surface area contributed by atoms with E-state index in [9.17, 15) is 0 Å². The summed E-state index contributed by atoms with van der Waals surface area (Å²) in [6.07, 6.45) is 2.70. The fourth-order valence-corrected chi connectivity index (χ4v) is 3.79. The Morgan fingerprint density at radius 2 is 2.22 bits per heavy atom. The van der Waals surface area contributed by atoms with Crippen molar-refractivity contribution in [2.24, 2.45) is 5.92 Å². The molecule has 1 saturated carbocycles. The van der Waals surface area contributed by atoms with Crippen LogP contribution in [0.1, 0.15) is 55.1 Å². The number of nitrogens with one attached hydrogen (secondary N) is 1.